The molecule has 1 N–H and O–H groups in total. The summed E-state index contributed by atoms with van der Waals surface area (Å²) >= 11 is 3.40. The maximum absolute atomic E-state index is 12.1. The van der Waals surface area contributed by atoms with E-state index < -0.39 is 16.8 Å². The summed E-state index contributed by atoms with van der Waals surface area (Å²) in [5.74, 6) is -1.01. The average Bonchev–Trinajstić information content (AvgIpc) is 2.53. The van der Waals surface area contributed by atoms with E-state index in [1.165, 1.54) is 0 Å². The molecule has 1 rings (SSSR count). The first-order chi connectivity index (χ1) is 7.70. The minimum absolute atomic E-state index is 0.0249. The zero-order valence-corrected chi connectivity index (χ0v) is 12.4. The van der Waals surface area contributed by atoms with Gasteiger partial charge in [0.05, 0.1) is 5.41 Å². The van der Waals surface area contributed by atoms with Crippen molar-refractivity contribution < 1.29 is 14.7 Å². The van der Waals surface area contributed by atoms with Gasteiger partial charge in [-0.2, -0.15) is 0 Å². The molecule has 17 heavy (non-hydrogen) atoms. The van der Waals surface area contributed by atoms with Crippen LogP contribution in [0, 0.1) is 16.7 Å². The molecule has 0 aromatic carbocycles. The zero-order chi connectivity index (χ0) is 13.4. The van der Waals surface area contributed by atoms with Crippen molar-refractivity contribution in [3.63, 3.8) is 0 Å². The third-order valence-corrected chi connectivity index (χ3v) is 5.62. The van der Waals surface area contributed by atoms with Crippen LogP contribution in [0.2, 0.25) is 0 Å². The molecule has 0 aromatic heterocycles. The number of amides is 1. The second kappa shape index (κ2) is 4.59. The van der Waals surface area contributed by atoms with Crippen molar-refractivity contribution in [2.75, 3.05) is 19.4 Å². The number of carbonyl (C=O) groups excluding carboxylic acids is 1. The Labute approximate surface area is 110 Å². The molecule has 1 fully saturated rings. The summed E-state index contributed by atoms with van der Waals surface area (Å²) in [6.07, 6.45) is 1.19. The van der Waals surface area contributed by atoms with Crippen molar-refractivity contribution in [3.05, 3.63) is 0 Å². The number of carboxylic acids is 1. The van der Waals surface area contributed by atoms with Crippen LogP contribution in [-0.4, -0.2) is 41.3 Å². The number of halogens is 1. The Morgan fingerprint density at radius 2 is 1.94 bits per heavy atom. The summed E-state index contributed by atoms with van der Waals surface area (Å²) in [6.45, 7) is 3.65. The summed E-state index contributed by atoms with van der Waals surface area (Å²) in [7, 11) is 3.43. The van der Waals surface area contributed by atoms with E-state index in [0.29, 0.717) is 18.2 Å². The SMILES string of the molecule is CN(C)C(=O)[C@@H]1CC[C@](C)(C(=O)O)[C@]1(C)CBr. The molecule has 0 heterocycles. The molecule has 0 radical (unpaired) electrons. The Morgan fingerprint density at radius 1 is 1.41 bits per heavy atom. The normalized spacial score (nSPS) is 36.9. The number of carbonyl (C=O) groups is 2. The summed E-state index contributed by atoms with van der Waals surface area (Å²) in [6, 6.07) is 0. The largest absolute Gasteiger partial charge is 0.481 e. The van der Waals surface area contributed by atoms with Gasteiger partial charge in [0, 0.05) is 30.8 Å². The molecule has 0 aromatic rings. The van der Waals surface area contributed by atoms with Crippen molar-refractivity contribution in [1.29, 1.82) is 0 Å². The summed E-state index contributed by atoms with van der Waals surface area (Å²) < 4.78 is 0. The highest BCUT2D eigenvalue weighted by Crippen LogP contribution is 2.57. The van der Waals surface area contributed by atoms with Gasteiger partial charge in [-0.1, -0.05) is 22.9 Å². The van der Waals surface area contributed by atoms with Gasteiger partial charge >= 0.3 is 5.97 Å². The maximum atomic E-state index is 12.1. The van der Waals surface area contributed by atoms with E-state index in [1.807, 2.05) is 6.92 Å². The lowest BCUT2D eigenvalue weighted by Crippen LogP contribution is -2.48. The monoisotopic (exact) mass is 305 g/mol. The van der Waals surface area contributed by atoms with E-state index in [0.717, 1.165) is 0 Å². The number of hydrogen-bond donors (Lipinski definition) is 1. The smallest absolute Gasteiger partial charge is 0.309 e. The van der Waals surface area contributed by atoms with Crippen LogP contribution in [0.15, 0.2) is 0 Å². The summed E-state index contributed by atoms with van der Waals surface area (Å²) in [5.41, 5.74) is -1.38. The first-order valence-corrected chi connectivity index (χ1v) is 6.83. The van der Waals surface area contributed by atoms with Crippen molar-refractivity contribution >= 4 is 27.8 Å². The van der Waals surface area contributed by atoms with Crippen molar-refractivity contribution in [2.24, 2.45) is 16.7 Å². The molecule has 1 amide bonds. The van der Waals surface area contributed by atoms with Gasteiger partial charge in [0.25, 0.3) is 0 Å². The van der Waals surface area contributed by atoms with Crippen LogP contribution in [0.4, 0.5) is 0 Å². The van der Waals surface area contributed by atoms with Crippen LogP contribution in [0.25, 0.3) is 0 Å². The number of nitrogens with zero attached hydrogens (tertiary/aromatic N) is 1. The van der Waals surface area contributed by atoms with E-state index in [-0.39, 0.29) is 11.8 Å². The van der Waals surface area contributed by atoms with Gasteiger partial charge in [0.2, 0.25) is 5.91 Å². The Kier molecular flexibility index (Phi) is 3.91. The minimum atomic E-state index is -0.840. The molecule has 0 spiro atoms. The highest BCUT2D eigenvalue weighted by Gasteiger charge is 2.60. The third-order valence-electron chi connectivity index (χ3n) is 4.45. The van der Waals surface area contributed by atoms with Gasteiger partial charge < -0.3 is 10.0 Å². The lowest BCUT2D eigenvalue weighted by atomic mass is 9.65. The van der Waals surface area contributed by atoms with Crippen LogP contribution in [0.1, 0.15) is 26.7 Å². The molecule has 0 unspecified atom stereocenters. The standard InChI is InChI=1S/C12H20BrNO3/c1-11(10(16)17)6-5-8(9(15)14(3)4)12(11,2)7-13/h8H,5-7H2,1-4H3,(H,16,17)/t8-,11+,12+/m0/s1. The van der Waals surface area contributed by atoms with Gasteiger partial charge in [-0.15, -0.1) is 0 Å². The fourth-order valence-corrected chi connectivity index (χ4v) is 3.73. The Morgan fingerprint density at radius 3 is 2.29 bits per heavy atom. The van der Waals surface area contributed by atoms with E-state index in [9.17, 15) is 14.7 Å². The molecular formula is C12H20BrNO3. The second-order valence-corrected chi connectivity index (χ2v) is 6.07. The summed E-state index contributed by atoms with van der Waals surface area (Å²) in [5, 5.41) is 9.95. The average molecular weight is 306 g/mol. The van der Waals surface area contributed by atoms with Gasteiger partial charge in [-0.3, -0.25) is 9.59 Å². The highest BCUT2D eigenvalue weighted by atomic mass is 79.9. The topological polar surface area (TPSA) is 57.6 Å². The number of alkyl halides is 1. The molecule has 1 aliphatic carbocycles. The van der Waals surface area contributed by atoms with Crippen LogP contribution in [-0.2, 0) is 9.59 Å². The highest BCUT2D eigenvalue weighted by molar-refractivity contribution is 9.09. The molecule has 98 valence electrons. The van der Waals surface area contributed by atoms with Crippen molar-refractivity contribution in [3.8, 4) is 0 Å². The molecule has 0 saturated heterocycles. The predicted molar refractivity (Wildman–Crippen MR) is 69.1 cm³/mol. The van der Waals surface area contributed by atoms with Crippen LogP contribution in [0.3, 0.4) is 0 Å². The molecule has 1 saturated carbocycles. The fourth-order valence-electron chi connectivity index (χ4n) is 2.72. The fraction of sp³-hybridized carbons (Fsp3) is 0.833. The molecule has 3 atom stereocenters. The Balaban J connectivity index is 3.15. The number of aliphatic carboxylic acids is 1. The molecule has 0 aliphatic heterocycles. The van der Waals surface area contributed by atoms with E-state index in [1.54, 1.807) is 25.9 Å². The summed E-state index contributed by atoms with van der Waals surface area (Å²) in [4.78, 5) is 25.2. The minimum Gasteiger partial charge on any atom is -0.481 e. The van der Waals surface area contributed by atoms with E-state index in [4.69, 9.17) is 0 Å². The molecule has 4 nitrogen and oxygen atoms in total. The Hall–Kier alpha value is -0.580. The number of hydrogen-bond acceptors (Lipinski definition) is 2. The van der Waals surface area contributed by atoms with E-state index >= 15 is 0 Å². The van der Waals surface area contributed by atoms with E-state index in [2.05, 4.69) is 15.9 Å². The van der Waals surface area contributed by atoms with Crippen molar-refractivity contribution in [1.82, 2.24) is 4.90 Å². The molecule has 1 aliphatic rings. The Bertz CT molecular complexity index is 345. The maximum Gasteiger partial charge on any atom is 0.309 e. The second-order valence-electron chi connectivity index (χ2n) is 5.51. The lowest BCUT2D eigenvalue weighted by molar-refractivity contribution is -0.155. The van der Waals surface area contributed by atoms with Crippen molar-refractivity contribution in [2.45, 2.75) is 26.7 Å². The molecular weight excluding hydrogens is 286 g/mol. The molecule has 5 heteroatoms. The van der Waals surface area contributed by atoms with Crippen LogP contribution < -0.4 is 0 Å². The first kappa shape index (κ1) is 14.5. The van der Waals surface area contributed by atoms with Gasteiger partial charge in [0.15, 0.2) is 0 Å². The third kappa shape index (κ3) is 1.98. The predicted octanol–water partition coefficient (Wildman–Crippen LogP) is 1.98. The van der Waals surface area contributed by atoms with Gasteiger partial charge in [-0.25, -0.2) is 0 Å². The van der Waals surface area contributed by atoms with Crippen LogP contribution in [0.5, 0.6) is 0 Å². The quantitative estimate of drug-likeness (QED) is 0.811. The molecule has 0 bridgehead atoms. The number of carboxylic acid groups (broad SMARTS) is 1. The van der Waals surface area contributed by atoms with Gasteiger partial charge in [-0.05, 0) is 19.8 Å². The zero-order valence-electron chi connectivity index (χ0n) is 10.8. The lowest BCUT2D eigenvalue weighted by Gasteiger charge is -2.40. The number of rotatable bonds is 3. The van der Waals surface area contributed by atoms with Crippen LogP contribution >= 0.6 is 15.9 Å². The van der Waals surface area contributed by atoms with Gasteiger partial charge in [0.1, 0.15) is 0 Å². The first-order valence-electron chi connectivity index (χ1n) is 5.71.